The summed E-state index contributed by atoms with van der Waals surface area (Å²) in [6.45, 7) is 4.31. The predicted molar refractivity (Wildman–Crippen MR) is 91.7 cm³/mol. The molecule has 1 saturated heterocycles. The number of imidazole rings is 1. The molecule has 1 fully saturated rings. The Morgan fingerprint density at radius 2 is 2.25 bits per heavy atom. The summed E-state index contributed by atoms with van der Waals surface area (Å²) in [7, 11) is 0. The van der Waals surface area contributed by atoms with Crippen LogP contribution in [0, 0.1) is 0 Å². The van der Waals surface area contributed by atoms with Crippen molar-refractivity contribution in [3.8, 4) is 10.6 Å². The molecule has 2 aliphatic heterocycles. The Hall–Kier alpha value is -1.89. The van der Waals surface area contributed by atoms with Gasteiger partial charge in [0.25, 0.3) is 0 Å². The van der Waals surface area contributed by atoms with E-state index in [1.165, 1.54) is 10.6 Å². The first-order valence-electron chi connectivity index (χ1n) is 8.28. The van der Waals surface area contributed by atoms with Crippen LogP contribution in [0.1, 0.15) is 18.0 Å². The van der Waals surface area contributed by atoms with E-state index in [0.29, 0.717) is 6.61 Å². The van der Waals surface area contributed by atoms with Gasteiger partial charge in [-0.2, -0.15) is 0 Å². The number of fused-ring (bicyclic) bond motifs is 1. The third kappa shape index (κ3) is 2.42. The second kappa shape index (κ2) is 5.58. The molecule has 0 amide bonds. The Labute approximate surface area is 144 Å². The lowest BCUT2D eigenvalue weighted by Crippen LogP contribution is -2.44. The van der Waals surface area contributed by atoms with E-state index in [1.807, 2.05) is 18.3 Å². The Morgan fingerprint density at radius 3 is 3.08 bits per heavy atom. The van der Waals surface area contributed by atoms with Gasteiger partial charge in [-0.1, -0.05) is 6.07 Å². The Kier molecular flexibility index (Phi) is 3.36. The topological polar surface area (TPSA) is 43.4 Å². The summed E-state index contributed by atoms with van der Waals surface area (Å²) in [6.07, 6.45) is 4.78. The first-order valence-corrected chi connectivity index (χ1v) is 9.16. The highest BCUT2D eigenvalue weighted by Crippen LogP contribution is 2.36. The SMILES string of the molecule is c1coc(CN2CCC3(C2)Cn2c(-c4cccs4)cnc2CO3)c1. The van der Waals surface area contributed by atoms with Crippen LogP contribution in [-0.2, 0) is 24.4 Å². The molecule has 1 atom stereocenters. The van der Waals surface area contributed by atoms with Crippen LogP contribution in [0.25, 0.3) is 10.6 Å². The number of likely N-dealkylation sites (tertiary alicyclic amines) is 1. The highest BCUT2D eigenvalue weighted by Gasteiger charge is 2.43. The molecular formula is C18H19N3O2S. The molecule has 6 heteroatoms. The van der Waals surface area contributed by atoms with Crippen LogP contribution in [0.15, 0.2) is 46.5 Å². The van der Waals surface area contributed by atoms with Crippen molar-refractivity contribution in [2.75, 3.05) is 13.1 Å². The number of aromatic nitrogens is 2. The van der Waals surface area contributed by atoms with E-state index in [1.54, 1.807) is 17.6 Å². The second-order valence-corrected chi connectivity index (χ2v) is 7.58. The standard InChI is InChI=1S/C18H19N3O2S/c1-3-14(22-7-1)10-20-6-5-18(12-20)13-21-15(16-4-2-8-24-16)9-19-17(21)11-23-18/h1-4,7-9H,5-6,10-13H2. The van der Waals surface area contributed by atoms with Crippen LogP contribution in [-0.4, -0.2) is 33.1 Å². The second-order valence-electron chi connectivity index (χ2n) is 6.63. The van der Waals surface area contributed by atoms with Gasteiger partial charge in [-0.05, 0) is 30.0 Å². The lowest BCUT2D eigenvalue weighted by Gasteiger charge is -2.35. The fraction of sp³-hybridized carbons (Fsp3) is 0.389. The number of hydrogen-bond acceptors (Lipinski definition) is 5. The van der Waals surface area contributed by atoms with Crippen molar-refractivity contribution in [1.82, 2.24) is 14.5 Å². The lowest BCUT2D eigenvalue weighted by molar-refractivity contribution is -0.0823. The average Bonchev–Trinajstić information content (AvgIpc) is 3.35. The van der Waals surface area contributed by atoms with Crippen LogP contribution >= 0.6 is 11.3 Å². The van der Waals surface area contributed by atoms with E-state index in [4.69, 9.17) is 9.15 Å². The fourth-order valence-corrected chi connectivity index (χ4v) is 4.55. The van der Waals surface area contributed by atoms with Crippen LogP contribution in [0.4, 0.5) is 0 Å². The Balaban J connectivity index is 1.38. The largest absolute Gasteiger partial charge is 0.468 e. The van der Waals surface area contributed by atoms with Crippen molar-refractivity contribution in [2.45, 2.75) is 31.7 Å². The zero-order valence-electron chi connectivity index (χ0n) is 13.4. The van der Waals surface area contributed by atoms with Crippen LogP contribution in [0.3, 0.4) is 0 Å². The molecule has 124 valence electrons. The highest BCUT2D eigenvalue weighted by molar-refractivity contribution is 7.13. The van der Waals surface area contributed by atoms with Gasteiger partial charge in [-0.3, -0.25) is 4.90 Å². The maximum absolute atomic E-state index is 6.28. The number of hydrogen-bond donors (Lipinski definition) is 0. The van der Waals surface area contributed by atoms with E-state index in [2.05, 4.69) is 32.0 Å². The smallest absolute Gasteiger partial charge is 0.135 e. The summed E-state index contributed by atoms with van der Waals surface area (Å²) >= 11 is 1.76. The van der Waals surface area contributed by atoms with Gasteiger partial charge in [0.1, 0.15) is 23.8 Å². The van der Waals surface area contributed by atoms with E-state index < -0.39 is 0 Å². The number of furan rings is 1. The molecule has 0 saturated carbocycles. The Morgan fingerprint density at radius 1 is 1.25 bits per heavy atom. The molecule has 3 aromatic heterocycles. The minimum Gasteiger partial charge on any atom is -0.468 e. The number of thiophene rings is 1. The average molecular weight is 341 g/mol. The zero-order chi connectivity index (χ0) is 16.0. The van der Waals surface area contributed by atoms with Crippen LogP contribution in [0.2, 0.25) is 0 Å². The summed E-state index contributed by atoms with van der Waals surface area (Å²) in [5.74, 6) is 2.05. The summed E-state index contributed by atoms with van der Waals surface area (Å²) in [5, 5.41) is 2.12. The van der Waals surface area contributed by atoms with Gasteiger partial charge in [0.15, 0.2) is 0 Å². The summed E-state index contributed by atoms with van der Waals surface area (Å²) < 4.78 is 14.1. The van der Waals surface area contributed by atoms with E-state index in [-0.39, 0.29) is 5.60 Å². The van der Waals surface area contributed by atoms with Gasteiger partial charge in [0, 0.05) is 13.1 Å². The monoisotopic (exact) mass is 341 g/mol. The number of rotatable bonds is 3. The molecule has 0 N–H and O–H groups in total. The minimum absolute atomic E-state index is 0.105. The summed E-state index contributed by atoms with van der Waals surface area (Å²) in [6, 6.07) is 8.24. The molecule has 3 aromatic rings. The molecular weight excluding hydrogens is 322 g/mol. The van der Waals surface area contributed by atoms with Crippen molar-refractivity contribution >= 4 is 11.3 Å². The van der Waals surface area contributed by atoms with Crippen molar-refractivity contribution < 1.29 is 9.15 Å². The third-order valence-corrected chi connectivity index (χ3v) is 5.91. The third-order valence-electron chi connectivity index (χ3n) is 5.02. The maximum Gasteiger partial charge on any atom is 0.135 e. The molecule has 5 nitrogen and oxygen atoms in total. The normalized spacial score (nSPS) is 23.8. The molecule has 0 aliphatic carbocycles. The Bertz CT molecular complexity index is 825. The van der Waals surface area contributed by atoms with Gasteiger partial charge in [0.05, 0.1) is 36.1 Å². The molecule has 1 spiro atoms. The predicted octanol–water partition coefficient (Wildman–Crippen LogP) is 3.38. The van der Waals surface area contributed by atoms with Crippen molar-refractivity contribution in [2.24, 2.45) is 0 Å². The lowest BCUT2D eigenvalue weighted by atomic mass is 10.0. The number of nitrogens with zero attached hydrogens (tertiary/aromatic N) is 3. The minimum atomic E-state index is -0.105. The first kappa shape index (κ1) is 14.5. The van der Waals surface area contributed by atoms with E-state index in [0.717, 1.165) is 44.2 Å². The van der Waals surface area contributed by atoms with Crippen molar-refractivity contribution in [3.05, 3.63) is 53.7 Å². The van der Waals surface area contributed by atoms with Gasteiger partial charge in [-0.25, -0.2) is 4.98 Å². The highest BCUT2D eigenvalue weighted by atomic mass is 32.1. The fourth-order valence-electron chi connectivity index (χ4n) is 3.81. The first-order chi connectivity index (χ1) is 11.8. The van der Waals surface area contributed by atoms with Gasteiger partial charge in [-0.15, -0.1) is 11.3 Å². The van der Waals surface area contributed by atoms with Crippen molar-refractivity contribution in [3.63, 3.8) is 0 Å². The van der Waals surface area contributed by atoms with Gasteiger partial charge >= 0.3 is 0 Å². The van der Waals surface area contributed by atoms with Crippen LogP contribution < -0.4 is 0 Å². The summed E-state index contributed by atoms with van der Waals surface area (Å²) in [4.78, 5) is 8.26. The number of ether oxygens (including phenoxy) is 1. The van der Waals surface area contributed by atoms with Crippen molar-refractivity contribution in [1.29, 1.82) is 0 Å². The molecule has 5 rings (SSSR count). The molecule has 1 unspecified atom stereocenters. The molecule has 0 radical (unpaired) electrons. The molecule has 0 bridgehead atoms. The quantitative estimate of drug-likeness (QED) is 0.732. The maximum atomic E-state index is 6.28. The van der Waals surface area contributed by atoms with Crippen LogP contribution in [0.5, 0.6) is 0 Å². The van der Waals surface area contributed by atoms with E-state index >= 15 is 0 Å². The van der Waals surface area contributed by atoms with Gasteiger partial charge in [0.2, 0.25) is 0 Å². The van der Waals surface area contributed by atoms with E-state index in [9.17, 15) is 0 Å². The van der Waals surface area contributed by atoms with Gasteiger partial charge < -0.3 is 13.7 Å². The molecule has 24 heavy (non-hydrogen) atoms. The zero-order valence-corrected chi connectivity index (χ0v) is 14.2. The molecule has 5 heterocycles. The molecule has 2 aliphatic rings. The summed E-state index contributed by atoms with van der Waals surface area (Å²) in [5.41, 5.74) is 1.11. The molecule has 0 aromatic carbocycles.